The largest absolute Gasteiger partial charge is 0.481 e. The van der Waals surface area contributed by atoms with Crippen LogP contribution in [0.1, 0.15) is 39.0 Å². The predicted octanol–water partition coefficient (Wildman–Crippen LogP) is 0.842. The van der Waals surface area contributed by atoms with E-state index in [1.54, 1.807) is 4.90 Å². The fourth-order valence-electron chi connectivity index (χ4n) is 3.37. The van der Waals surface area contributed by atoms with Gasteiger partial charge in [0.25, 0.3) is 0 Å². The Morgan fingerprint density at radius 3 is 2.48 bits per heavy atom. The molecule has 2 unspecified atom stereocenters. The summed E-state index contributed by atoms with van der Waals surface area (Å²) in [4.78, 5) is 25.9. The summed E-state index contributed by atoms with van der Waals surface area (Å²) in [5.41, 5.74) is 5.89. The first-order valence-corrected chi connectivity index (χ1v) is 7.91. The third-order valence-electron chi connectivity index (χ3n) is 4.64. The molecule has 120 valence electrons. The minimum absolute atomic E-state index is 0.00797. The Bertz CT molecular complexity index is 380. The van der Waals surface area contributed by atoms with Crippen LogP contribution < -0.4 is 5.73 Å². The Labute approximate surface area is 125 Å². The fourth-order valence-corrected chi connectivity index (χ4v) is 3.37. The maximum absolute atomic E-state index is 12.8. The van der Waals surface area contributed by atoms with E-state index in [0.29, 0.717) is 13.2 Å². The lowest BCUT2D eigenvalue weighted by Gasteiger charge is -2.35. The average Bonchev–Trinajstić information content (AvgIpc) is 2.94. The van der Waals surface area contributed by atoms with Crippen LogP contribution in [0.3, 0.4) is 0 Å². The van der Waals surface area contributed by atoms with Crippen LogP contribution in [0.4, 0.5) is 0 Å². The van der Waals surface area contributed by atoms with Crippen LogP contribution in [-0.4, -0.2) is 53.7 Å². The van der Waals surface area contributed by atoms with Gasteiger partial charge in [-0.3, -0.25) is 9.59 Å². The van der Waals surface area contributed by atoms with Gasteiger partial charge in [-0.25, -0.2) is 0 Å². The molecule has 2 rings (SSSR count). The molecular weight excluding hydrogens is 272 g/mol. The number of nitrogens with zero attached hydrogens (tertiary/aromatic N) is 1. The van der Waals surface area contributed by atoms with Crippen LogP contribution >= 0.6 is 0 Å². The second-order valence-corrected chi connectivity index (χ2v) is 6.19. The Morgan fingerprint density at radius 2 is 1.90 bits per heavy atom. The van der Waals surface area contributed by atoms with Crippen LogP contribution in [0, 0.1) is 11.8 Å². The van der Waals surface area contributed by atoms with Gasteiger partial charge in [0.15, 0.2) is 0 Å². The van der Waals surface area contributed by atoms with Gasteiger partial charge < -0.3 is 20.5 Å². The molecule has 1 saturated heterocycles. The Hall–Kier alpha value is -1.14. The van der Waals surface area contributed by atoms with Crippen molar-refractivity contribution in [3.05, 3.63) is 0 Å². The van der Waals surface area contributed by atoms with Crippen molar-refractivity contribution in [2.75, 3.05) is 19.8 Å². The van der Waals surface area contributed by atoms with Crippen molar-refractivity contribution in [1.29, 1.82) is 0 Å². The minimum atomic E-state index is -0.878. The van der Waals surface area contributed by atoms with Gasteiger partial charge in [-0.2, -0.15) is 0 Å². The van der Waals surface area contributed by atoms with Crippen molar-refractivity contribution >= 4 is 11.9 Å². The van der Waals surface area contributed by atoms with E-state index in [9.17, 15) is 14.7 Å². The van der Waals surface area contributed by atoms with Crippen LogP contribution in [0.15, 0.2) is 0 Å². The van der Waals surface area contributed by atoms with Crippen molar-refractivity contribution < 1.29 is 19.4 Å². The van der Waals surface area contributed by atoms with Gasteiger partial charge in [0.2, 0.25) is 5.91 Å². The lowest BCUT2D eigenvalue weighted by Crippen LogP contribution is -2.50. The minimum Gasteiger partial charge on any atom is -0.481 e. The zero-order chi connectivity index (χ0) is 15.4. The third kappa shape index (κ3) is 3.74. The van der Waals surface area contributed by atoms with E-state index in [2.05, 4.69) is 0 Å². The van der Waals surface area contributed by atoms with E-state index in [0.717, 1.165) is 32.1 Å². The van der Waals surface area contributed by atoms with Crippen LogP contribution in [0.25, 0.3) is 0 Å². The Kier molecular flexibility index (Phi) is 5.58. The molecule has 6 heteroatoms. The molecule has 21 heavy (non-hydrogen) atoms. The molecule has 6 nitrogen and oxygen atoms in total. The summed E-state index contributed by atoms with van der Waals surface area (Å²) in [5, 5.41) is 9.29. The highest BCUT2D eigenvalue weighted by molar-refractivity contribution is 5.80. The van der Waals surface area contributed by atoms with Crippen molar-refractivity contribution in [1.82, 2.24) is 4.90 Å². The number of carbonyl (C=O) groups is 2. The number of nitrogens with two attached hydrogens (primary N) is 1. The van der Waals surface area contributed by atoms with Crippen molar-refractivity contribution in [3.8, 4) is 0 Å². The maximum atomic E-state index is 12.8. The van der Waals surface area contributed by atoms with Crippen LogP contribution in [0.2, 0.25) is 0 Å². The molecule has 0 bridgehead atoms. The molecule has 2 atom stereocenters. The lowest BCUT2D eigenvalue weighted by molar-refractivity contribution is -0.146. The smallest absolute Gasteiger partial charge is 0.311 e. The summed E-state index contributed by atoms with van der Waals surface area (Å²) >= 11 is 0. The first-order valence-electron chi connectivity index (χ1n) is 7.91. The molecule has 0 radical (unpaired) electrons. The van der Waals surface area contributed by atoms with Gasteiger partial charge in [0.05, 0.1) is 19.3 Å². The third-order valence-corrected chi connectivity index (χ3v) is 4.64. The number of carboxylic acid groups (broad SMARTS) is 1. The van der Waals surface area contributed by atoms with E-state index in [4.69, 9.17) is 10.5 Å². The highest BCUT2D eigenvalue weighted by atomic mass is 16.5. The lowest BCUT2D eigenvalue weighted by atomic mass is 9.85. The van der Waals surface area contributed by atoms with Crippen molar-refractivity contribution in [2.24, 2.45) is 17.6 Å². The molecule has 1 saturated carbocycles. The zero-order valence-electron chi connectivity index (χ0n) is 12.7. The number of hydrogen-bond donors (Lipinski definition) is 2. The van der Waals surface area contributed by atoms with E-state index in [1.807, 2.05) is 6.92 Å². The molecule has 0 aromatic carbocycles. The Morgan fingerprint density at radius 1 is 1.24 bits per heavy atom. The predicted molar refractivity (Wildman–Crippen MR) is 77.7 cm³/mol. The summed E-state index contributed by atoms with van der Waals surface area (Å²) in [6.45, 7) is 3.12. The molecule has 2 fully saturated rings. The number of ether oxygens (including phenoxy) is 1. The van der Waals surface area contributed by atoms with Gasteiger partial charge in [-0.1, -0.05) is 6.92 Å². The second-order valence-electron chi connectivity index (χ2n) is 6.19. The highest BCUT2D eigenvalue weighted by Gasteiger charge is 2.41. The molecule has 1 aliphatic heterocycles. The normalized spacial score (nSPS) is 32.9. The SMILES string of the molecule is CCCN(C(=O)C1CCC(N)CC1)C1COCC1C(=O)O. The van der Waals surface area contributed by atoms with Gasteiger partial charge >= 0.3 is 5.97 Å². The summed E-state index contributed by atoms with van der Waals surface area (Å²) in [6, 6.07) is -0.124. The number of amides is 1. The molecule has 2 aliphatic rings. The van der Waals surface area contributed by atoms with E-state index >= 15 is 0 Å². The van der Waals surface area contributed by atoms with Crippen molar-refractivity contribution in [2.45, 2.75) is 51.1 Å². The number of carboxylic acids is 1. The van der Waals surface area contributed by atoms with Gasteiger partial charge in [0.1, 0.15) is 5.92 Å². The number of carbonyl (C=O) groups excluding carboxylic acids is 1. The van der Waals surface area contributed by atoms with Crippen LogP contribution in [0.5, 0.6) is 0 Å². The molecule has 1 amide bonds. The van der Waals surface area contributed by atoms with Crippen LogP contribution in [-0.2, 0) is 14.3 Å². The number of aliphatic carboxylic acids is 1. The molecule has 0 aromatic rings. The van der Waals surface area contributed by atoms with E-state index in [-0.39, 0.29) is 30.5 Å². The average molecular weight is 298 g/mol. The number of rotatable bonds is 5. The van der Waals surface area contributed by atoms with E-state index < -0.39 is 11.9 Å². The molecule has 1 aliphatic carbocycles. The topological polar surface area (TPSA) is 92.9 Å². The monoisotopic (exact) mass is 298 g/mol. The quantitative estimate of drug-likeness (QED) is 0.784. The fraction of sp³-hybridized carbons (Fsp3) is 0.867. The first-order chi connectivity index (χ1) is 10.0. The summed E-state index contributed by atoms with van der Waals surface area (Å²) in [7, 11) is 0. The molecular formula is C15H26N2O4. The standard InChI is InChI=1S/C15H26N2O4/c1-2-7-17(13-9-21-8-12(13)15(19)20)14(18)10-3-5-11(16)6-4-10/h10-13H,2-9,16H2,1H3,(H,19,20). The maximum Gasteiger partial charge on any atom is 0.311 e. The van der Waals surface area contributed by atoms with Crippen molar-refractivity contribution in [3.63, 3.8) is 0 Å². The molecule has 3 N–H and O–H groups in total. The van der Waals surface area contributed by atoms with Gasteiger partial charge in [-0.05, 0) is 32.1 Å². The number of hydrogen-bond acceptors (Lipinski definition) is 4. The zero-order valence-corrected chi connectivity index (χ0v) is 12.7. The van der Waals surface area contributed by atoms with E-state index in [1.165, 1.54) is 0 Å². The first kappa shape index (κ1) is 16.2. The molecule has 0 aromatic heterocycles. The summed E-state index contributed by atoms with van der Waals surface area (Å²) in [5.74, 6) is -1.40. The highest BCUT2D eigenvalue weighted by Crippen LogP contribution is 2.28. The van der Waals surface area contributed by atoms with Gasteiger partial charge in [0, 0.05) is 18.5 Å². The molecule has 0 spiro atoms. The van der Waals surface area contributed by atoms with Gasteiger partial charge in [-0.15, -0.1) is 0 Å². The summed E-state index contributed by atoms with van der Waals surface area (Å²) in [6.07, 6.45) is 4.19. The summed E-state index contributed by atoms with van der Waals surface area (Å²) < 4.78 is 5.32. The molecule has 1 heterocycles. The Balaban J connectivity index is 2.07. The second kappa shape index (κ2) is 7.22.